The zero-order valence-corrected chi connectivity index (χ0v) is 20.3. The number of benzene rings is 3. The number of fused-ring (bicyclic) bond motifs is 1. The highest BCUT2D eigenvalue weighted by Crippen LogP contribution is 2.30. The number of anilines is 1. The van der Waals surface area contributed by atoms with Crippen molar-refractivity contribution in [1.82, 2.24) is 4.37 Å². The molecule has 5 rings (SSSR count). The number of carbonyl (C=O) groups excluding carboxylic acids is 1. The van der Waals surface area contributed by atoms with Crippen molar-refractivity contribution in [2.24, 2.45) is 5.92 Å². The van der Waals surface area contributed by atoms with Gasteiger partial charge in [0, 0.05) is 23.2 Å². The topological polar surface area (TPSA) is 33.2 Å². The standard InChI is InChI=1S/C30H30N2OS/c1-2-7-22-8-6-11-28(18-22)32(30(33)25-9-4-3-5-10-25)21-23-12-14-24(15-13-23)26-16-17-29-27(19-26)20-31-34-29/h2,6-8,11-20,25H,3-5,9-10,21H2,1H3/b7-2+/i21D. The van der Waals surface area contributed by atoms with Gasteiger partial charge in [0.1, 0.15) is 0 Å². The molecule has 0 N–H and O–H groups in total. The maximum atomic E-state index is 13.8. The van der Waals surface area contributed by atoms with Gasteiger partial charge in [-0.3, -0.25) is 4.79 Å². The maximum absolute atomic E-state index is 13.8. The fourth-order valence-corrected chi connectivity index (χ4v) is 5.37. The normalized spacial score (nSPS) is 16.0. The Kier molecular flexibility index (Phi) is 6.49. The number of nitrogens with zero attached hydrogens (tertiary/aromatic N) is 2. The lowest BCUT2D eigenvalue weighted by molar-refractivity contribution is -0.123. The van der Waals surface area contributed by atoms with Gasteiger partial charge in [0.15, 0.2) is 0 Å². The second kappa shape index (κ2) is 10.4. The second-order valence-corrected chi connectivity index (χ2v) is 9.80. The first-order valence-electron chi connectivity index (χ1n) is 12.6. The lowest BCUT2D eigenvalue weighted by Gasteiger charge is -2.30. The van der Waals surface area contributed by atoms with E-state index in [2.05, 4.69) is 34.7 Å². The van der Waals surface area contributed by atoms with E-state index in [1.165, 1.54) is 22.7 Å². The molecular formula is C30H30N2OS. The summed E-state index contributed by atoms with van der Waals surface area (Å²) in [5.74, 6) is 0.0639. The quantitative estimate of drug-likeness (QED) is 0.287. The summed E-state index contributed by atoms with van der Waals surface area (Å²) in [5.41, 5.74) is 4.85. The van der Waals surface area contributed by atoms with E-state index in [-0.39, 0.29) is 11.8 Å². The van der Waals surface area contributed by atoms with Crippen LogP contribution in [0.15, 0.2) is 79.0 Å². The molecule has 0 saturated heterocycles. The summed E-state index contributed by atoms with van der Waals surface area (Å²) in [7, 11) is 0. The van der Waals surface area contributed by atoms with Crippen LogP contribution in [0.25, 0.3) is 27.3 Å². The average Bonchev–Trinajstić information content (AvgIpc) is 3.38. The van der Waals surface area contributed by atoms with E-state index in [9.17, 15) is 6.17 Å². The Balaban J connectivity index is 1.46. The Bertz CT molecular complexity index is 1340. The SMILES string of the molecule is [2H]C(c1ccc(-c2ccc3sncc3c2)cc1)N(C(=O)C1CCCCC1)c1cccc(/C=C/C)c1. The molecule has 1 fully saturated rings. The molecule has 1 heterocycles. The Morgan fingerprint density at radius 1 is 1.06 bits per heavy atom. The van der Waals surface area contributed by atoms with Gasteiger partial charge >= 0.3 is 0 Å². The molecule has 0 radical (unpaired) electrons. The maximum Gasteiger partial charge on any atom is 0.230 e. The summed E-state index contributed by atoms with van der Waals surface area (Å²) in [4.78, 5) is 15.5. The van der Waals surface area contributed by atoms with Gasteiger partial charge in [-0.15, -0.1) is 0 Å². The summed E-state index contributed by atoms with van der Waals surface area (Å²) < 4.78 is 14.6. The smallest absolute Gasteiger partial charge is 0.230 e. The lowest BCUT2D eigenvalue weighted by atomic mass is 9.88. The van der Waals surface area contributed by atoms with Crippen LogP contribution in [0.4, 0.5) is 5.69 Å². The molecule has 1 atom stereocenters. The minimum atomic E-state index is -0.803. The Hall–Kier alpha value is -3.24. The Labute approximate surface area is 207 Å². The molecule has 1 aliphatic carbocycles. The number of amides is 1. The molecule has 0 bridgehead atoms. The van der Waals surface area contributed by atoms with E-state index in [1.807, 2.05) is 61.7 Å². The van der Waals surface area contributed by atoms with E-state index in [1.54, 1.807) is 4.90 Å². The van der Waals surface area contributed by atoms with Gasteiger partial charge in [-0.05, 0) is 77.8 Å². The van der Waals surface area contributed by atoms with E-state index >= 15 is 0 Å². The molecule has 3 aromatic carbocycles. The molecule has 172 valence electrons. The van der Waals surface area contributed by atoms with Crippen molar-refractivity contribution in [1.29, 1.82) is 0 Å². The van der Waals surface area contributed by atoms with Crippen molar-refractivity contribution in [2.45, 2.75) is 45.5 Å². The van der Waals surface area contributed by atoms with Crippen LogP contribution in [-0.4, -0.2) is 10.3 Å². The van der Waals surface area contributed by atoms with Crippen LogP contribution in [0.1, 0.15) is 51.5 Å². The van der Waals surface area contributed by atoms with Crippen molar-refractivity contribution in [3.63, 3.8) is 0 Å². The number of hydrogen-bond acceptors (Lipinski definition) is 3. The molecule has 1 saturated carbocycles. The van der Waals surface area contributed by atoms with Crippen LogP contribution in [0.2, 0.25) is 0 Å². The second-order valence-electron chi connectivity index (χ2n) is 8.97. The molecule has 1 unspecified atom stereocenters. The molecule has 1 amide bonds. The van der Waals surface area contributed by atoms with E-state index in [0.717, 1.165) is 59.0 Å². The molecule has 3 nitrogen and oxygen atoms in total. The largest absolute Gasteiger partial charge is 0.308 e. The van der Waals surface area contributed by atoms with Gasteiger partial charge in [-0.25, -0.2) is 0 Å². The number of allylic oxidation sites excluding steroid dienone is 1. The third-order valence-electron chi connectivity index (χ3n) is 6.57. The molecule has 4 heteroatoms. The van der Waals surface area contributed by atoms with Crippen LogP contribution in [-0.2, 0) is 11.3 Å². The van der Waals surface area contributed by atoms with Gasteiger partial charge in [-0.2, -0.15) is 4.37 Å². The van der Waals surface area contributed by atoms with Crippen molar-refractivity contribution in [3.05, 3.63) is 90.1 Å². The highest BCUT2D eigenvalue weighted by molar-refractivity contribution is 7.13. The molecule has 0 spiro atoms. The van der Waals surface area contributed by atoms with E-state index in [4.69, 9.17) is 0 Å². The highest BCUT2D eigenvalue weighted by atomic mass is 32.1. The van der Waals surface area contributed by atoms with Gasteiger partial charge in [-0.1, -0.05) is 73.9 Å². The van der Waals surface area contributed by atoms with Crippen LogP contribution in [0.3, 0.4) is 0 Å². The van der Waals surface area contributed by atoms with Gasteiger partial charge < -0.3 is 4.90 Å². The van der Waals surface area contributed by atoms with Gasteiger partial charge in [0.05, 0.1) is 12.6 Å². The number of rotatable bonds is 6. The first kappa shape index (κ1) is 21.3. The summed E-state index contributed by atoms with van der Waals surface area (Å²) in [5, 5.41) is 1.14. The third-order valence-corrected chi connectivity index (χ3v) is 7.35. The fraction of sp³-hybridized carbons (Fsp3) is 0.267. The monoisotopic (exact) mass is 467 g/mol. The first-order chi connectivity index (χ1) is 17.1. The number of aromatic nitrogens is 1. The van der Waals surface area contributed by atoms with E-state index < -0.39 is 6.52 Å². The minimum absolute atomic E-state index is 0.00723. The molecule has 1 aliphatic rings. The third kappa shape index (κ3) is 4.97. The van der Waals surface area contributed by atoms with Crippen molar-refractivity contribution in [2.75, 3.05) is 4.90 Å². The fourth-order valence-electron chi connectivity index (χ4n) is 4.75. The van der Waals surface area contributed by atoms with Crippen LogP contribution in [0.5, 0.6) is 0 Å². The minimum Gasteiger partial charge on any atom is -0.308 e. The number of hydrogen-bond donors (Lipinski definition) is 0. The zero-order valence-electron chi connectivity index (χ0n) is 20.5. The summed E-state index contributed by atoms with van der Waals surface area (Å²) in [6, 6.07) is 22.4. The molecule has 4 aromatic rings. The zero-order chi connectivity index (χ0) is 24.2. The summed E-state index contributed by atoms with van der Waals surface area (Å²) in [6.07, 6.45) is 11.1. The first-order valence-corrected chi connectivity index (χ1v) is 12.8. The molecule has 1 aromatic heterocycles. The van der Waals surface area contributed by atoms with Crippen molar-refractivity contribution >= 4 is 39.3 Å². The lowest BCUT2D eigenvalue weighted by Crippen LogP contribution is -2.36. The van der Waals surface area contributed by atoms with E-state index in [0.29, 0.717) is 0 Å². The Morgan fingerprint density at radius 3 is 2.65 bits per heavy atom. The van der Waals surface area contributed by atoms with Crippen LogP contribution < -0.4 is 4.90 Å². The van der Waals surface area contributed by atoms with Crippen molar-refractivity contribution < 1.29 is 6.17 Å². The molecule has 34 heavy (non-hydrogen) atoms. The van der Waals surface area contributed by atoms with Crippen molar-refractivity contribution in [3.8, 4) is 11.1 Å². The predicted molar refractivity (Wildman–Crippen MR) is 144 cm³/mol. The van der Waals surface area contributed by atoms with Gasteiger partial charge in [0.25, 0.3) is 0 Å². The summed E-state index contributed by atoms with van der Waals surface area (Å²) in [6.45, 7) is 1.18. The predicted octanol–water partition coefficient (Wildman–Crippen LogP) is 8.11. The summed E-state index contributed by atoms with van der Waals surface area (Å²) >= 11 is 1.50. The molecule has 0 aliphatic heterocycles. The molecular weight excluding hydrogens is 436 g/mol. The highest BCUT2D eigenvalue weighted by Gasteiger charge is 2.27. The Morgan fingerprint density at radius 2 is 1.85 bits per heavy atom. The average molecular weight is 468 g/mol. The number of carbonyl (C=O) groups is 1. The van der Waals surface area contributed by atoms with Gasteiger partial charge in [0.2, 0.25) is 5.91 Å². The van der Waals surface area contributed by atoms with Crippen LogP contribution >= 0.6 is 11.5 Å². The van der Waals surface area contributed by atoms with Crippen LogP contribution in [0, 0.1) is 5.92 Å².